The highest BCUT2D eigenvalue weighted by molar-refractivity contribution is 5.10. The lowest BCUT2D eigenvalue weighted by molar-refractivity contribution is -0.0686. The molecule has 0 bridgehead atoms. The summed E-state index contributed by atoms with van der Waals surface area (Å²) in [6.07, 6.45) is 12.8. The summed E-state index contributed by atoms with van der Waals surface area (Å²) in [5, 5.41) is 0. The van der Waals surface area contributed by atoms with Gasteiger partial charge in [0.05, 0.1) is 0 Å². The third kappa shape index (κ3) is 2.06. The van der Waals surface area contributed by atoms with Gasteiger partial charge in [0.1, 0.15) is 0 Å². The summed E-state index contributed by atoms with van der Waals surface area (Å²) in [6, 6.07) is 0.850. The van der Waals surface area contributed by atoms with E-state index >= 15 is 0 Å². The lowest BCUT2D eigenvalue weighted by Crippen LogP contribution is -2.65. The van der Waals surface area contributed by atoms with Crippen LogP contribution in [-0.2, 0) is 0 Å². The monoisotopic (exact) mass is 264 g/mol. The molecule has 0 aromatic heterocycles. The number of nitrogens with two attached hydrogens (primary N) is 1. The maximum Gasteiger partial charge on any atom is 0.0385 e. The molecule has 2 heteroatoms. The van der Waals surface area contributed by atoms with Crippen molar-refractivity contribution < 1.29 is 0 Å². The molecule has 2 nitrogen and oxygen atoms in total. The van der Waals surface area contributed by atoms with Gasteiger partial charge in [0.25, 0.3) is 0 Å². The Labute approximate surface area is 119 Å². The number of hydrogen-bond donors (Lipinski definition) is 1. The summed E-state index contributed by atoms with van der Waals surface area (Å²) in [5.41, 5.74) is 7.06. The van der Waals surface area contributed by atoms with Crippen LogP contribution in [-0.4, -0.2) is 29.6 Å². The molecule has 1 aliphatic heterocycles. The standard InChI is InChI=1S/C17H32N2/c1-16(2)10-6-11-17(16,13-18)19-12-5-8-14-7-3-4-9-15(14)19/h14-15H,3-13,18H2,1-2H3. The van der Waals surface area contributed by atoms with E-state index in [-0.39, 0.29) is 0 Å². The Morgan fingerprint density at radius 2 is 1.74 bits per heavy atom. The van der Waals surface area contributed by atoms with Crippen molar-refractivity contribution in [2.24, 2.45) is 17.1 Å². The van der Waals surface area contributed by atoms with E-state index < -0.39 is 0 Å². The second-order valence-electron chi connectivity index (χ2n) is 7.92. The van der Waals surface area contributed by atoms with Crippen molar-refractivity contribution >= 4 is 0 Å². The average molecular weight is 264 g/mol. The van der Waals surface area contributed by atoms with E-state index in [1.165, 1.54) is 64.3 Å². The minimum absolute atomic E-state index is 0.299. The van der Waals surface area contributed by atoms with E-state index in [2.05, 4.69) is 18.7 Å². The van der Waals surface area contributed by atoms with Gasteiger partial charge in [-0.1, -0.05) is 33.1 Å². The van der Waals surface area contributed by atoms with Crippen molar-refractivity contribution in [1.29, 1.82) is 0 Å². The zero-order valence-electron chi connectivity index (χ0n) is 13.0. The predicted octanol–water partition coefficient (Wildman–Crippen LogP) is 3.55. The summed E-state index contributed by atoms with van der Waals surface area (Å²) in [7, 11) is 0. The molecule has 1 saturated heterocycles. The molecular weight excluding hydrogens is 232 g/mol. The Kier molecular flexibility index (Phi) is 3.68. The smallest absolute Gasteiger partial charge is 0.0385 e. The van der Waals surface area contributed by atoms with Crippen LogP contribution in [0.2, 0.25) is 0 Å². The normalized spacial score (nSPS) is 43.1. The molecule has 0 aromatic rings. The van der Waals surface area contributed by atoms with Gasteiger partial charge in [-0.15, -0.1) is 0 Å². The van der Waals surface area contributed by atoms with Gasteiger partial charge in [-0.05, 0) is 56.4 Å². The first-order chi connectivity index (χ1) is 9.11. The zero-order valence-corrected chi connectivity index (χ0v) is 13.0. The maximum absolute atomic E-state index is 6.36. The van der Waals surface area contributed by atoms with Gasteiger partial charge in [0.15, 0.2) is 0 Å². The molecule has 19 heavy (non-hydrogen) atoms. The highest BCUT2D eigenvalue weighted by Crippen LogP contribution is 2.52. The number of rotatable bonds is 2. The van der Waals surface area contributed by atoms with Gasteiger partial charge in [0.2, 0.25) is 0 Å². The quantitative estimate of drug-likeness (QED) is 0.826. The third-order valence-corrected chi connectivity index (χ3v) is 6.78. The molecule has 3 aliphatic rings. The lowest BCUT2D eigenvalue weighted by atomic mass is 9.69. The van der Waals surface area contributed by atoms with Crippen LogP contribution >= 0.6 is 0 Å². The summed E-state index contributed by atoms with van der Waals surface area (Å²) in [4.78, 5) is 2.91. The number of hydrogen-bond acceptors (Lipinski definition) is 2. The van der Waals surface area contributed by atoms with Crippen LogP contribution < -0.4 is 5.73 Å². The first-order valence-electron chi connectivity index (χ1n) is 8.58. The molecule has 3 unspecified atom stereocenters. The van der Waals surface area contributed by atoms with Crippen LogP contribution in [0.3, 0.4) is 0 Å². The Balaban J connectivity index is 1.89. The summed E-state index contributed by atoms with van der Waals surface area (Å²) >= 11 is 0. The fourth-order valence-electron chi connectivity index (χ4n) is 5.58. The summed E-state index contributed by atoms with van der Waals surface area (Å²) < 4.78 is 0. The van der Waals surface area contributed by atoms with Crippen LogP contribution in [0, 0.1) is 11.3 Å². The topological polar surface area (TPSA) is 29.3 Å². The highest BCUT2D eigenvalue weighted by Gasteiger charge is 2.54. The molecule has 3 fully saturated rings. The summed E-state index contributed by atoms with van der Waals surface area (Å²) in [6.45, 7) is 7.11. The van der Waals surface area contributed by atoms with Gasteiger partial charge in [-0.2, -0.15) is 0 Å². The van der Waals surface area contributed by atoms with E-state index in [0.29, 0.717) is 11.0 Å². The lowest BCUT2D eigenvalue weighted by Gasteiger charge is -2.57. The van der Waals surface area contributed by atoms with Crippen molar-refractivity contribution in [2.75, 3.05) is 13.1 Å². The van der Waals surface area contributed by atoms with Crippen LogP contribution in [0.15, 0.2) is 0 Å². The fraction of sp³-hybridized carbons (Fsp3) is 1.00. The maximum atomic E-state index is 6.36. The Morgan fingerprint density at radius 1 is 1.00 bits per heavy atom. The average Bonchev–Trinajstić information content (AvgIpc) is 2.73. The van der Waals surface area contributed by atoms with Crippen molar-refractivity contribution in [3.05, 3.63) is 0 Å². The minimum Gasteiger partial charge on any atom is -0.329 e. The van der Waals surface area contributed by atoms with Crippen molar-refractivity contribution in [1.82, 2.24) is 4.90 Å². The van der Waals surface area contributed by atoms with E-state index in [0.717, 1.165) is 18.5 Å². The van der Waals surface area contributed by atoms with Gasteiger partial charge < -0.3 is 5.73 Å². The molecule has 0 aromatic carbocycles. The molecule has 2 saturated carbocycles. The number of likely N-dealkylation sites (tertiary alicyclic amines) is 1. The molecule has 0 spiro atoms. The number of piperidine rings is 1. The molecular formula is C17H32N2. The zero-order chi connectivity index (χ0) is 13.5. The number of nitrogens with zero attached hydrogens (tertiary/aromatic N) is 1. The fourth-order valence-corrected chi connectivity index (χ4v) is 5.58. The van der Waals surface area contributed by atoms with Crippen LogP contribution in [0.5, 0.6) is 0 Å². The molecule has 2 aliphatic carbocycles. The van der Waals surface area contributed by atoms with Crippen LogP contribution in [0.4, 0.5) is 0 Å². The second-order valence-corrected chi connectivity index (χ2v) is 7.92. The largest absolute Gasteiger partial charge is 0.329 e. The number of fused-ring (bicyclic) bond motifs is 1. The van der Waals surface area contributed by atoms with Gasteiger partial charge in [-0.3, -0.25) is 4.90 Å². The molecule has 110 valence electrons. The highest BCUT2D eigenvalue weighted by atomic mass is 15.3. The Morgan fingerprint density at radius 3 is 2.42 bits per heavy atom. The minimum atomic E-state index is 0.299. The van der Waals surface area contributed by atoms with Crippen LogP contribution in [0.25, 0.3) is 0 Å². The Hall–Kier alpha value is -0.0800. The summed E-state index contributed by atoms with van der Waals surface area (Å²) in [5.74, 6) is 0.974. The molecule has 1 heterocycles. The van der Waals surface area contributed by atoms with Gasteiger partial charge in [-0.25, -0.2) is 0 Å². The van der Waals surface area contributed by atoms with Crippen LogP contribution in [0.1, 0.15) is 71.6 Å². The first kappa shape index (κ1) is 13.9. The van der Waals surface area contributed by atoms with Crippen molar-refractivity contribution in [3.63, 3.8) is 0 Å². The van der Waals surface area contributed by atoms with Gasteiger partial charge >= 0.3 is 0 Å². The third-order valence-electron chi connectivity index (χ3n) is 6.78. The van der Waals surface area contributed by atoms with Crippen molar-refractivity contribution in [3.8, 4) is 0 Å². The SMILES string of the molecule is CC1(C)CCCC1(CN)N1CCCC2CCCCC21. The molecule has 3 rings (SSSR count). The predicted molar refractivity (Wildman–Crippen MR) is 81.1 cm³/mol. The molecule has 0 radical (unpaired) electrons. The molecule has 3 atom stereocenters. The van der Waals surface area contributed by atoms with E-state index in [9.17, 15) is 0 Å². The van der Waals surface area contributed by atoms with E-state index in [4.69, 9.17) is 5.73 Å². The Bertz CT molecular complexity index is 323. The first-order valence-corrected chi connectivity index (χ1v) is 8.58. The second kappa shape index (κ2) is 5.04. The van der Waals surface area contributed by atoms with E-state index in [1.807, 2.05) is 0 Å². The van der Waals surface area contributed by atoms with Crippen molar-refractivity contribution in [2.45, 2.75) is 83.2 Å². The van der Waals surface area contributed by atoms with Gasteiger partial charge in [0, 0.05) is 18.1 Å². The molecule has 0 amide bonds. The van der Waals surface area contributed by atoms with E-state index in [1.54, 1.807) is 0 Å². The molecule has 2 N–H and O–H groups in total.